The highest BCUT2D eigenvalue weighted by Crippen LogP contribution is 2.43. The number of rotatable bonds is 3. The fraction of sp³-hybridized carbons (Fsp3) is 0.667. The van der Waals surface area contributed by atoms with E-state index in [2.05, 4.69) is 0 Å². The molecule has 1 rings (SSSR count). The zero-order valence-corrected chi connectivity index (χ0v) is 9.54. The van der Waals surface area contributed by atoms with Crippen LogP contribution in [0.3, 0.4) is 0 Å². The number of halogens is 2. The van der Waals surface area contributed by atoms with E-state index in [9.17, 15) is 4.79 Å². The molecule has 74 valence electrons. The lowest BCUT2D eigenvalue weighted by molar-refractivity contribution is -0.118. The lowest BCUT2D eigenvalue weighted by atomic mass is 9.88. The smallest absolute Gasteiger partial charge is 0.202 e. The number of alkyl halides is 1. The van der Waals surface area contributed by atoms with Gasteiger partial charge in [-0.25, -0.2) is 0 Å². The molecular weight excluding hydrogens is 209 g/mol. The van der Waals surface area contributed by atoms with Gasteiger partial charge in [0.2, 0.25) is 5.78 Å². The van der Waals surface area contributed by atoms with Crippen LogP contribution in [0.1, 0.15) is 20.8 Å². The molecule has 1 atom stereocenters. The normalized spacial score (nSPS) is 27.6. The number of carbonyl (C=O) groups excluding carboxylic acids is 1. The Morgan fingerprint density at radius 2 is 1.85 bits per heavy atom. The topological polar surface area (TPSA) is 20.3 Å². The van der Waals surface area contributed by atoms with Gasteiger partial charge in [0, 0.05) is 13.1 Å². The Balaban J connectivity index is 2.99. The summed E-state index contributed by atoms with van der Waals surface area (Å²) in [7, 11) is 0. The third kappa shape index (κ3) is 1.46. The molecule has 2 nitrogen and oxygen atoms in total. The minimum Gasteiger partial charge on any atom is -0.372 e. The van der Waals surface area contributed by atoms with E-state index in [0.717, 1.165) is 18.8 Å². The lowest BCUT2D eigenvalue weighted by Gasteiger charge is -2.40. The van der Waals surface area contributed by atoms with E-state index in [1.165, 1.54) is 0 Å². The van der Waals surface area contributed by atoms with E-state index < -0.39 is 4.87 Å². The van der Waals surface area contributed by atoms with Crippen LogP contribution < -0.4 is 0 Å². The molecule has 0 N–H and O–H groups in total. The summed E-state index contributed by atoms with van der Waals surface area (Å²) in [5.74, 6) is -0.169. The third-order valence-corrected chi connectivity index (χ3v) is 3.06. The van der Waals surface area contributed by atoms with E-state index in [1.54, 1.807) is 6.92 Å². The number of Topliss-reactive ketones (excluding diaryl/α,β-unsaturated/α-hetero) is 1. The van der Waals surface area contributed by atoms with Crippen molar-refractivity contribution < 1.29 is 4.79 Å². The Morgan fingerprint density at radius 1 is 1.38 bits per heavy atom. The molecule has 1 aliphatic rings. The van der Waals surface area contributed by atoms with Crippen LogP contribution in [-0.2, 0) is 4.79 Å². The van der Waals surface area contributed by atoms with Crippen LogP contribution in [0.4, 0.5) is 0 Å². The Labute approximate surface area is 88.5 Å². The summed E-state index contributed by atoms with van der Waals surface area (Å²) >= 11 is 11.8. The van der Waals surface area contributed by atoms with Crippen molar-refractivity contribution in [3.05, 3.63) is 10.7 Å². The molecule has 0 fully saturated rings. The summed E-state index contributed by atoms with van der Waals surface area (Å²) in [6, 6.07) is 0. The van der Waals surface area contributed by atoms with Crippen molar-refractivity contribution in [2.75, 3.05) is 13.1 Å². The van der Waals surface area contributed by atoms with Crippen LogP contribution in [-0.4, -0.2) is 28.6 Å². The second-order valence-electron chi connectivity index (χ2n) is 3.17. The quantitative estimate of drug-likeness (QED) is 0.683. The maximum atomic E-state index is 11.3. The highest BCUT2D eigenvalue weighted by molar-refractivity contribution is 6.56. The van der Waals surface area contributed by atoms with Crippen molar-refractivity contribution in [3.8, 4) is 0 Å². The molecule has 0 aliphatic heterocycles. The van der Waals surface area contributed by atoms with Crippen LogP contribution in [0.25, 0.3) is 0 Å². The minimum atomic E-state index is -0.900. The molecule has 0 aromatic carbocycles. The summed E-state index contributed by atoms with van der Waals surface area (Å²) in [4.78, 5) is 12.4. The van der Waals surface area contributed by atoms with Crippen molar-refractivity contribution in [3.63, 3.8) is 0 Å². The number of ketones is 1. The SMILES string of the molecule is CCN(CC)C1=C(Cl)C(=O)C1(C)Cl. The number of nitrogens with zero attached hydrogens (tertiary/aromatic N) is 1. The first-order valence-corrected chi connectivity index (χ1v) is 5.11. The molecule has 1 unspecified atom stereocenters. The van der Waals surface area contributed by atoms with Crippen LogP contribution in [0.5, 0.6) is 0 Å². The summed E-state index contributed by atoms with van der Waals surface area (Å²) in [5, 5.41) is 0.293. The first-order chi connectivity index (χ1) is 5.96. The molecule has 0 radical (unpaired) electrons. The first kappa shape index (κ1) is 10.9. The molecule has 0 saturated carbocycles. The number of carbonyl (C=O) groups is 1. The van der Waals surface area contributed by atoms with Gasteiger partial charge in [0.05, 0.1) is 5.70 Å². The standard InChI is InChI=1S/C9H13Cl2NO/c1-4-12(5-2)7-6(10)8(13)9(7,3)11/h4-5H2,1-3H3. The third-order valence-electron chi connectivity index (χ3n) is 2.36. The Kier molecular flexibility index (Phi) is 2.93. The molecule has 0 aromatic heterocycles. The predicted molar refractivity (Wildman–Crippen MR) is 55.1 cm³/mol. The van der Waals surface area contributed by atoms with Gasteiger partial charge in [-0.1, -0.05) is 11.6 Å². The van der Waals surface area contributed by atoms with Gasteiger partial charge in [0.25, 0.3) is 0 Å². The maximum absolute atomic E-state index is 11.3. The summed E-state index contributed by atoms with van der Waals surface area (Å²) in [6.07, 6.45) is 0. The molecule has 0 bridgehead atoms. The second-order valence-corrected chi connectivity index (χ2v) is 4.30. The van der Waals surface area contributed by atoms with Crippen molar-refractivity contribution in [1.82, 2.24) is 4.90 Å². The molecule has 0 aromatic rings. The molecule has 13 heavy (non-hydrogen) atoms. The Morgan fingerprint density at radius 3 is 2.15 bits per heavy atom. The predicted octanol–water partition coefficient (Wildman–Crippen LogP) is 2.36. The average Bonchev–Trinajstić information content (AvgIpc) is 2.12. The molecule has 0 saturated heterocycles. The Hall–Kier alpha value is -0.210. The molecule has 0 spiro atoms. The van der Waals surface area contributed by atoms with E-state index in [-0.39, 0.29) is 5.78 Å². The monoisotopic (exact) mass is 221 g/mol. The van der Waals surface area contributed by atoms with Gasteiger partial charge >= 0.3 is 0 Å². The van der Waals surface area contributed by atoms with E-state index in [1.807, 2.05) is 18.7 Å². The average molecular weight is 222 g/mol. The van der Waals surface area contributed by atoms with E-state index in [0.29, 0.717) is 5.03 Å². The molecule has 4 heteroatoms. The van der Waals surface area contributed by atoms with Gasteiger partial charge in [0.15, 0.2) is 0 Å². The fourth-order valence-corrected chi connectivity index (χ4v) is 2.44. The van der Waals surface area contributed by atoms with Crippen molar-refractivity contribution >= 4 is 29.0 Å². The molecule has 1 aliphatic carbocycles. The summed E-state index contributed by atoms with van der Waals surface area (Å²) < 4.78 is 0. The van der Waals surface area contributed by atoms with Crippen LogP contribution in [0.2, 0.25) is 0 Å². The first-order valence-electron chi connectivity index (χ1n) is 4.35. The highest BCUT2D eigenvalue weighted by Gasteiger charge is 2.50. The molecular formula is C9H13Cl2NO. The van der Waals surface area contributed by atoms with Crippen LogP contribution >= 0.6 is 23.2 Å². The largest absolute Gasteiger partial charge is 0.372 e. The summed E-state index contributed by atoms with van der Waals surface area (Å²) in [5.41, 5.74) is 0.769. The molecule has 0 amide bonds. The van der Waals surface area contributed by atoms with Crippen molar-refractivity contribution in [2.45, 2.75) is 25.6 Å². The number of hydrogen-bond acceptors (Lipinski definition) is 2. The van der Waals surface area contributed by atoms with E-state index in [4.69, 9.17) is 23.2 Å². The second kappa shape index (κ2) is 3.50. The highest BCUT2D eigenvalue weighted by atomic mass is 35.5. The zero-order valence-electron chi connectivity index (χ0n) is 8.03. The van der Waals surface area contributed by atoms with Crippen molar-refractivity contribution in [2.24, 2.45) is 0 Å². The zero-order chi connectivity index (χ0) is 10.2. The number of allylic oxidation sites excluding steroid dienone is 2. The molecule has 0 heterocycles. The van der Waals surface area contributed by atoms with E-state index >= 15 is 0 Å². The minimum absolute atomic E-state index is 0.169. The van der Waals surface area contributed by atoms with Crippen molar-refractivity contribution in [1.29, 1.82) is 0 Å². The van der Waals surface area contributed by atoms with Gasteiger partial charge in [-0.3, -0.25) is 4.79 Å². The van der Waals surface area contributed by atoms with Gasteiger partial charge in [-0.15, -0.1) is 11.6 Å². The number of hydrogen-bond donors (Lipinski definition) is 0. The maximum Gasteiger partial charge on any atom is 0.202 e. The van der Waals surface area contributed by atoms with Crippen LogP contribution in [0, 0.1) is 0 Å². The summed E-state index contributed by atoms with van der Waals surface area (Å²) in [6.45, 7) is 7.35. The van der Waals surface area contributed by atoms with Gasteiger partial charge < -0.3 is 4.90 Å². The van der Waals surface area contributed by atoms with Gasteiger partial charge in [-0.05, 0) is 20.8 Å². The van der Waals surface area contributed by atoms with Gasteiger partial charge in [-0.2, -0.15) is 0 Å². The van der Waals surface area contributed by atoms with Gasteiger partial charge in [0.1, 0.15) is 9.91 Å². The van der Waals surface area contributed by atoms with Crippen LogP contribution in [0.15, 0.2) is 10.7 Å². The fourth-order valence-electron chi connectivity index (χ4n) is 1.54. The lowest BCUT2D eigenvalue weighted by Crippen LogP contribution is -2.49. The Bertz CT molecular complexity index is 267.